The summed E-state index contributed by atoms with van der Waals surface area (Å²) in [7, 11) is -3.61. The van der Waals surface area contributed by atoms with Gasteiger partial charge in [0, 0.05) is 23.0 Å². The third-order valence-electron chi connectivity index (χ3n) is 6.87. The molecule has 0 aliphatic heterocycles. The first-order chi connectivity index (χ1) is 15.8. The van der Waals surface area contributed by atoms with Gasteiger partial charge in [-0.1, -0.05) is 33.1 Å². The van der Waals surface area contributed by atoms with Gasteiger partial charge in [-0.2, -0.15) is 9.57 Å². The molecule has 0 bridgehead atoms. The number of fused-ring (bicyclic) bond motifs is 1. The number of nitrogens with one attached hydrogen (secondary N) is 1. The van der Waals surface area contributed by atoms with Crippen LogP contribution in [0.4, 0.5) is 5.00 Å². The van der Waals surface area contributed by atoms with Crippen molar-refractivity contribution in [3.05, 3.63) is 45.8 Å². The molecule has 33 heavy (non-hydrogen) atoms. The molecular formula is C25H31N3O3S2. The second-order valence-corrected chi connectivity index (χ2v) is 12.1. The second-order valence-electron chi connectivity index (χ2n) is 9.15. The normalized spacial score (nSPS) is 19.2. The van der Waals surface area contributed by atoms with E-state index in [1.165, 1.54) is 28.3 Å². The Morgan fingerprint density at radius 1 is 1.18 bits per heavy atom. The maximum atomic E-state index is 13.2. The number of amides is 1. The van der Waals surface area contributed by atoms with Crippen molar-refractivity contribution in [2.24, 2.45) is 5.92 Å². The predicted molar refractivity (Wildman–Crippen MR) is 131 cm³/mol. The summed E-state index contributed by atoms with van der Waals surface area (Å²) < 4.78 is 28.1. The highest BCUT2D eigenvalue weighted by Gasteiger charge is 2.31. The third kappa shape index (κ3) is 4.86. The Kier molecular flexibility index (Phi) is 7.22. The third-order valence-corrected chi connectivity index (χ3v) is 10.1. The molecular weight excluding hydrogens is 454 g/mol. The molecule has 1 N–H and O–H groups in total. The highest BCUT2D eigenvalue weighted by Crippen LogP contribution is 2.39. The van der Waals surface area contributed by atoms with Gasteiger partial charge < -0.3 is 5.32 Å². The largest absolute Gasteiger partial charge is 0.312 e. The molecule has 176 valence electrons. The van der Waals surface area contributed by atoms with Crippen LogP contribution in [0.5, 0.6) is 0 Å². The summed E-state index contributed by atoms with van der Waals surface area (Å²) in [5.41, 5.74) is 2.01. The van der Waals surface area contributed by atoms with Crippen LogP contribution < -0.4 is 5.32 Å². The lowest BCUT2D eigenvalue weighted by molar-refractivity contribution is 0.102. The fourth-order valence-corrected chi connectivity index (χ4v) is 8.09. The van der Waals surface area contributed by atoms with Gasteiger partial charge >= 0.3 is 0 Å². The van der Waals surface area contributed by atoms with Gasteiger partial charge in [0.15, 0.2) is 0 Å². The first kappa shape index (κ1) is 23.9. The summed E-state index contributed by atoms with van der Waals surface area (Å²) in [4.78, 5) is 14.3. The van der Waals surface area contributed by atoms with Crippen molar-refractivity contribution in [2.75, 3.05) is 11.9 Å². The van der Waals surface area contributed by atoms with Gasteiger partial charge in [-0.05, 0) is 67.9 Å². The minimum atomic E-state index is -3.61. The molecule has 2 aromatic rings. The van der Waals surface area contributed by atoms with Crippen molar-refractivity contribution >= 4 is 32.3 Å². The summed E-state index contributed by atoms with van der Waals surface area (Å²) in [6.07, 6.45) is 7.95. The molecule has 1 amide bonds. The summed E-state index contributed by atoms with van der Waals surface area (Å²) >= 11 is 1.49. The summed E-state index contributed by atoms with van der Waals surface area (Å²) in [6, 6.07) is 8.46. The molecule has 1 atom stereocenters. The highest BCUT2D eigenvalue weighted by molar-refractivity contribution is 7.89. The van der Waals surface area contributed by atoms with E-state index in [9.17, 15) is 18.5 Å². The minimum absolute atomic E-state index is 0.0497. The van der Waals surface area contributed by atoms with Crippen LogP contribution in [0.2, 0.25) is 0 Å². The van der Waals surface area contributed by atoms with E-state index in [1.807, 2.05) is 6.92 Å². The lowest BCUT2D eigenvalue weighted by Gasteiger charge is -2.32. The first-order valence-electron chi connectivity index (χ1n) is 11.8. The monoisotopic (exact) mass is 485 g/mol. The van der Waals surface area contributed by atoms with Crippen molar-refractivity contribution in [3.63, 3.8) is 0 Å². The fourth-order valence-electron chi connectivity index (χ4n) is 5.04. The molecule has 0 spiro atoms. The zero-order valence-electron chi connectivity index (χ0n) is 19.3. The average Bonchev–Trinajstić information content (AvgIpc) is 3.16. The van der Waals surface area contributed by atoms with Crippen LogP contribution in [0.25, 0.3) is 0 Å². The van der Waals surface area contributed by atoms with E-state index in [4.69, 9.17) is 0 Å². The maximum Gasteiger partial charge on any atom is 0.256 e. The molecule has 1 saturated carbocycles. The van der Waals surface area contributed by atoms with Gasteiger partial charge in [-0.15, -0.1) is 11.3 Å². The molecule has 0 radical (unpaired) electrons. The van der Waals surface area contributed by atoms with Crippen molar-refractivity contribution < 1.29 is 13.2 Å². The first-order valence-corrected chi connectivity index (χ1v) is 14.1. The van der Waals surface area contributed by atoms with Gasteiger partial charge in [0.25, 0.3) is 5.91 Å². The molecule has 4 rings (SSSR count). The number of nitriles is 1. The fraction of sp³-hybridized carbons (Fsp3) is 0.520. The van der Waals surface area contributed by atoms with Crippen molar-refractivity contribution in [3.8, 4) is 6.07 Å². The Morgan fingerprint density at radius 3 is 2.52 bits per heavy atom. The van der Waals surface area contributed by atoms with E-state index in [0.29, 0.717) is 28.6 Å². The number of rotatable bonds is 6. The Bertz CT molecular complexity index is 1160. The number of thiophene rings is 1. The van der Waals surface area contributed by atoms with E-state index >= 15 is 0 Å². The van der Waals surface area contributed by atoms with Crippen LogP contribution in [0.1, 0.15) is 78.7 Å². The summed E-state index contributed by atoms with van der Waals surface area (Å²) in [6.45, 7) is 4.52. The second kappa shape index (κ2) is 9.96. The van der Waals surface area contributed by atoms with Crippen LogP contribution >= 0.6 is 11.3 Å². The van der Waals surface area contributed by atoms with Crippen LogP contribution in [0.15, 0.2) is 29.2 Å². The summed E-state index contributed by atoms with van der Waals surface area (Å²) in [5, 5.41) is 13.1. The molecule has 0 saturated heterocycles. The van der Waals surface area contributed by atoms with Gasteiger partial charge in [-0.3, -0.25) is 4.79 Å². The zero-order chi connectivity index (χ0) is 23.6. The number of hydrogen-bond acceptors (Lipinski definition) is 5. The summed E-state index contributed by atoms with van der Waals surface area (Å²) in [5.74, 6) is 0.249. The number of carbonyl (C=O) groups is 1. The Morgan fingerprint density at radius 2 is 1.88 bits per heavy atom. The predicted octanol–water partition coefficient (Wildman–Crippen LogP) is 5.34. The number of nitrogens with zero attached hydrogens (tertiary/aromatic N) is 2. The number of sulfonamides is 1. The zero-order valence-corrected chi connectivity index (χ0v) is 20.9. The van der Waals surface area contributed by atoms with Crippen LogP contribution in [-0.4, -0.2) is 31.2 Å². The van der Waals surface area contributed by atoms with Gasteiger partial charge in [0.05, 0.1) is 10.5 Å². The number of hydrogen-bond donors (Lipinski definition) is 1. The number of benzene rings is 1. The number of anilines is 1. The lowest BCUT2D eigenvalue weighted by atomic mass is 9.88. The van der Waals surface area contributed by atoms with Gasteiger partial charge in [0.2, 0.25) is 10.0 Å². The quantitative estimate of drug-likeness (QED) is 0.598. The van der Waals surface area contributed by atoms with Crippen molar-refractivity contribution in [1.82, 2.24) is 4.31 Å². The highest BCUT2D eigenvalue weighted by atomic mass is 32.2. The lowest BCUT2D eigenvalue weighted by Crippen LogP contribution is -2.41. The molecule has 8 heteroatoms. The standard InChI is InChI=1S/C25H31N3O3S2/c1-3-28(19-7-5-4-6-8-19)33(30,31)20-12-10-18(11-13-20)24(29)27-25-22(16-26)21-14-9-17(2)15-23(21)32-25/h10-13,17,19H,3-9,14-15H2,1-2H3,(H,27,29)/t17-/m1/s1. The van der Waals surface area contributed by atoms with E-state index in [2.05, 4.69) is 18.3 Å². The molecule has 1 heterocycles. The van der Waals surface area contributed by atoms with Crippen LogP contribution in [-0.2, 0) is 22.9 Å². The van der Waals surface area contributed by atoms with Gasteiger partial charge in [-0.25, -0.2) is 8.42 Å². The Hall–Kier alpha value is -2.21. The molecule has 2 aliphatic carbocycles. The van der Waals surface area contributed by atoms with Gasteiger partial charge in [0.1, 0.15) is 11.1 Å². The van der Waals surface area contributed by atoms with Crippen LogP contribution in [0.3, 0.4) is 0 Å². The van der Waals surface area contributed by atoms with Crippen molar-refractivity contribution in [1.29, 1.82) is 5.26 Å². The number of carbonyl (C=O) groups excluding carboxylic acids is 1. The van der Waals surface area contributed by atoms with Crippen LogP contribution in [0, 0.1) is 17.2 Å². The molecule has 2 aliphatic rings. The Labute approximate surface area is 200 Å². The van der Waals surface area contributed by atoms with E-state index < -0.39 is 10.0 Å². The molecule has 0 unspecified atom stereocenters. The van der Waals surface area contributed by atoms with E-state index in [-0.39, 0.29) is 16.8 Å². The SMILES string of the molecule is CCN(C1CCCCC1)S(=O)(=O)c1ccc(C(=O)Nc2sc3c(c2C#N)CC[C@@H](C)C3)cc1. The molecule has 1 aromatic heterocycles. The topological polar surface area (TPSA) is 90.3 Å². The van der Waals surface area contributed by atoms with E-state index in [1.54, 1.807) is 16.4 Å². The molecule has 1 aromatic carbocycles. The van der Waals surface area contributed by atoms with Crippen molar-refractivity contribution in [2.45, 2.75) is 76.2 Å². The maximum absolute atomic E-state index is 13.2. The minimum Gasteiger partial charge on any atom is -0.312 e. The average molecular weight is 486 g/mol. The van der Waals surface area contributed by atoms with E-state index in [0.717, 1.165) is 56.9 Å². The molecule has 6 nitrogen and oxygen atoms in total. The molecule has 1 fully saturated rings. The smallest absolute Gasteiger partial charge is 0.256 e. The Balaban J connectivity index is 1.51.